The van der Waals surface area contributed by atoms with Crippen LogP contribution in [0.3, 0.4) is 0 Å². The number of ether oxygens (including phenoxy) is 2. The van der Waals surface area contributed by atoms with Crippen LogP contribution in [0.1, 0.15) is 41.6 Å². The first-order valence-corrected chi connectivity index (χ1v) is 15.5. The fourth-order valence-electron chi connectivity index (χ4n) is 6.36. The predicted octanol–water partition coefficient (Wildman–Crippen LogP) is 5.83. The van der Waals surface area contributed by atoms with Gasteiger partial charge in [0.05, 0.1) is 23.7 Å². The van der Waals surface area contributed by atoms with Crippen molar-refractivity contribution >= 4 is 11.4 Å². The molecule has 9 heteroatoms. The Morgan fingerprint density at radius 2 is 1.53 bits per heavy atom. The van der Waals surface area contributed by atoms with Gasteiger partial charge in [-0.2, -0.15) is 0 Å². The normalized spacial score (nSPS) is 22.3. The van der Waals surface area contributed by atoms with E-state index >= 15 is 0 Å². The lowest BCUT2D eigenvalue weighted by atomic mass is 9.89. The summed E-state index contributed by atoms with van der Waals surface area (Å²) in [6, 6.07) is 31.3. The van der Waals surface area contributed by atoms with Crippen LogP contribution in [0.2, 0.25) is 0 Å². The smallest absolute Gasteiger partial charge is 0.269 e. The molecule has 2 aliphatic rings. The lowest BCUT2D eigenvalue weighted by Crippen LogP contribution is -2.51. The maximum absolute atomic E-state index is 11.1. The molecule has 45 heavy (non-hydrogen) atoms. The molecule has 4 aromatic rings. The highest BCUT2D eigenvalue weighted by Gasteiger charge is 2.39. The molecule has 0 aromatic heterocycles. The largest absolute Gasteiger partial charge is 0.392 e. The molecular formula is C36H40N4O5. The molecule has 9 nitrogen and oxygen atoms in total. The van der Waals surface area contributed by atoms with E-state index in [4.69, 9.17) is 15.2 Å². The number of non-ortho nitro benzene ring substituents is 1. The molecule has 0 radical (unpaired) electrons. The number of nitrogens with zero attached hydrogens (tertiary/aromatic N) is 3. The zero-order valence-corrected chi connectivity index (χ0v) is 25.5. The van der Waals surface area contributed by atoms with Crippen LogP contribution in [0.25, 0.3) is 11.1 Å². The molecule has 2 heterocycles. The monoisotopic (exact) mass is 608 g/mol. The number of benzene rings is 4. The van der Waals surface area contributed by atoms with Crippen molar-refractivity contribution in [2.75, 3.05) is 37.6 Å². The third-order valence-electron chi connectivity index (χ3n) is 9.09. The standard InChI is InChI=1S/C36H40N4O5/c1-25-34(23-38-18-20-39(21-19-38)31-14-16-32(17-15-31)40(42)43)44-36(45-35(25)28-8-6-26(24-41)7-9-28)29-12-10-27(11-13-29)33-5-3-2-4-30(33)22-37/h2-17,25,34-36,41H,18-24,37H2,1H3. The van der Waals surface area contributed by atoms with Crippen molar-refractivity contribution in [3.8, 4) is 11.1 Å². The number of nitrogens with two attached hydrogens (primary N) is 1. The molecule has 0 spiro atoms. The molecule has 0 aliphatic carbocycles. The zero-order valence-electron chi connectivity index (χ0n) is 25.5. The Morgan fingerprint density at radius 1 is 0.867 bits per heavy atom. The lowest BCUT2D eigenvalue weighted by Gasteiger charge is -2.44. The second kappa shape index (κ2) is 13.9. The fourth-order valence-corrected chi connectivity index (χ4v) is 6.36. The quantitative estimate of drug-likeness (QED) is 0.180. The predicted molar refractivity (Wildman–Crippen MR) is 174 cm³/mol. The number of aliphatic hydroxyl groups excluding tert-OH is 1. The van der Waals surface area contributed by atoms with Crippen LogP contribution in [0.4, 0.5) is 11.4 Å². The topological polar surface area (TPSA) is 114 Å². The Labute approximate surface area is 264 Å². The molecule has 6 rings (SSSR count). The summed E-state index contributed by atoms with van der Waals surface area (Å²) in [5, 5.41) is 20.6. The molecular weight excluding hydrogens is 568 g/mol. The van der Waals surface area contributed by atoms with Crippen molar-refractivity contribution in [1.82, 2.24) is 4.90 Å². The second-order valence-electron chi connectivity index (χ2n) is 11.9. The van der Waals surface area contributed by atoms with Crippen LogP contribution in [-0.4, -0.2) is 53.8 Å². The lowest BCUT2D eigenvalue weighted by molar-refractivity contribution is -0.384. The van der Waals surface area contributed by atoms with Crippen LogP contribution in [0, 0.1) is 16.0 Å². The number of hydrogen-bond acceptors (Lipinski definition) is 8. The maximum atomic E-state index is 11.1. The van der Waals surface area contributed by atoms with Crippen LogP contribution in [0.5, 0.6) is 0 Å². The van der Waals surface area contributed by atoms with Crippen molar-refractivity contribution in [3.63, 3.8) is 0 Å². The Bertz CT molecular complexity index is 1570. The average Bonchev–Trinajstić information content (AvgIpc) is 3.09. The molecule has 0 amide bonds. The van der Waals surface area contributed by atoms with Crippen LogP contribution in [-0.2, 0) is 22.6 Å². The Hall–Kier alpha value is -4.12. The number of hydrogen-bond donors (Lipinski definition) is 2. The van der Waals surface area contributed by atoms with Gasteiger partial charge in [0.1, 0.15) is 0 Å². The van der Waals surface area contributed by atoms with E-state index in [0.29, 0.717) is 6.54 Å². The highest BCUT2D eigenvalue weighted by molar-refractivity contribution is 5.67. The van der Waals surface area contributed by atoms with Gasteiger partial charge in [0.25, 0.3) is 5.69 Å². The van der Waals surface area contributed by atoms with E-state index < -0.39 is 6.29 Å². The van der Waals surface area contributed by atoms with E-state index in [1.165, 1.54) is 0 Å². The first-order chi connectivity index (χ1) is 21.9. The molecule has 2 aliphatic heterocycles. The third kappa shape index (κ3) is 6.93. The van der Waals surface area contributed by atoms with E-state index in [-0.39, 0.29) is 35.3 Å². The number of piperazine rings is 1. The van der Waals surface area contributed by atoms with E-state index in [1.807, 2.05) is 48.5 Å². The maximum Gasteiger partial charge on any atom is 0.269 e. The molecule has 234 valence electrons. The van der Waals surface area contributed by atoms with E-state index in [2.05, 4.69) is 53.1 Å². The summed E-state index contributed by atoms with van der Waals surface area (Å²) < 4.78 is 13.4. The van der Waals surface area contributed by atoms with Gasteiger partial charge < -0.3 is 25.2 Å². The number of rotatable bonds is 9. The zero-order chi connectivity index (χ0) is 31.3. The van der Waals surface area contributed by atoms with Gasteiger partial charge in [-0.05, 0) is 39.9 Å². The van der Waals surface area contributed by atoms with Gasteiger partial charge in [0.15, 0.2) is 6.29 Å². The minimum atomic E-state index is -0.533. The Kier molecular flexibility index (Phi) is 9.53. The van der Waals surface area contributed by atoms with Gasteiger partial charge in [0, 0.05) is 68.6 Å². The summed E-state index contributed by atoms with van der Waals surface area (Å²) in [7, 11) is 0. The van der Waals surface area contributed by atoms with Gasteiger partial charge in [-0.15, -0.1) is 0 Å². The fraction of sp³-hybridized carbons (Fsp3) is 0.333. The summed E-state index contributed by atoms with van der Waals surface area (Å²) in [5.74, 6) is 0.0876. The summed E-state index contributed by atoms with van der Waals surface area (Å²) in [5.41, 5.74) is 13.3. The number of aliphatic hydroxyl groups is 1. The van der Waals surface area contributed by atoms with Gasteiger partial charge in [0.2, 0.25) is 0 Å². The number of anilines is 1. The second-order valence-corrected chi connectivity index (χ2v) is 11.9. The summed E-state index contributed by atoms with van der Waals surface area (Å²) in [6.45, 7) is 6.81. The van der Waals surface area contributed by atoms with E-state index in [9.17, 15) is 15.2 Å². The number of nitro benzene ring substituents is 1. The molecule has 3 N–H and O–H groups in total. The summed E-state index contributed by atoms with van der Waals surface area (Å²) >= 11 is 0. The highest BCUT2D eigenvalue weighted by Crippen LogP contribution is 2.42. The number of nitro groups is 1. The molecule has 0 saturated carbocycles. The third-order valence-corrected chi connectivity index (χ3v) is 9.09. The average molecular weight is 609 g/mol. The molecule has 4 atom stereocenters. The molecule has 4 aromatic carbocycles. The van der Waals surface area contributed by atoms with E-state index in [0.717, 1.165) is 71.8 Å². The molecule has 2 fully saturated rings. The Morgan fingerprint density at radius 3 is 2.18 bits per heavy atom. The minimum absolute atomic E-state index is 0.00119. The molecule has 4 unspecified atom stereocenters. The summed E-state index contributed by atoms with van der Waals surface area (Å²) in [6.07, 6.45) is -0.788. The minimum Gasteiger partial charge on any atom is -0.392 e. The van der Waals surface area contributed by atoms with Crippen LogP contribution in [0.15, 0.2) is 97.1 Å². The highest BCUT2D eigenvalue weighted by atomic mass is 16.7. The van der Waals surface area contributed by atoms with Crippen molar-refractivity contribution < 1.29 is 19.5 Å². The van der Waals surface area contributed by atoms with Crippen LogP contribution >= 0.6 is 0 Å². The van der Waals surface area contributed by atoms with Gasteiger partial charge in [-0.1, -0.05) is 79.7 Å². The first-order valence-electron chi connectivity index (χ1n) is 15.5. The van der Waals surface area contributed by atoms with Crippen molar-refractivity contribution in [3.05, 3.63) is 129 Å². The molecule has 2 saturated heterocycles. The Balaban J connectivity index is 1.18. The van der Waals surface area contributed by atoms with Crippen molar-refractivity contribution in [2.24, 2.45) is 11.7 Å². The van der Waals surface area contributed by atoms with Gasteiger partial charge >= 0.3 is 0 Å². The van der Waals surface area contributed by atoms with Crippen LogP contribution < -0.4 is 10.6 Å². The first kappa shape index (κ1) is 30.9. The molecule has 0 bridgehead atoms. The summed E-state index contributed by atoms with van der Waals surface area (Å²) in [4.78, 5) is 15.4. The SMILES string of the molecule is CC1C(CN2CCN(c3ccc([N+](=O)[O-])cc3)CC2)OC(c2ccc(-c3ccccc3CN)cc2)OC1c1ccc(CO)cc1. The van der Waals surface area contributed by atoms with Crippen molar-refractivity contribution in [2.45, 2.75) is 38.6 Å². The van der Waals surface area contributed by atoms with E-state index in [1.54, 1.807) is 12.1 Å². The van der Waals surface area contributed by atoms with Gasteiger partial charge in [-0.25, -0.2) is 0 Å². The van der Waals surface area contributed by atoms with Gasteiger partial charge in [-0.3, -0.25) is 15.0 Å². The van der Waals surface area contributed by atoms with Crippen molar-refractivity contribution in [1.29, 1.82) is 0 Å².